The van der Waals surface area contributed by atoms with Gasteiger partial charge in [0.15, 0.2) is 0 Å². The molecule has 0 spiro atoms. The van der Waals surface area contributed by atoms with Crippen molar-refractivity contribution < 1.29 is 27.9 Å². The third-order valence-electron chi connectivity index (χ3n) is 5.40. The van der Waals surface area contributed by atoms with Crippen LogP contribution >= 0.6 is 0 Å². The molecule has 0 radical (unpaired) electrons. The minimum Gasteiger partial charge on any atom is -0.480 e. The van der Waals surface area contributed by atoms with Gasteiger partial charge in [-0.15, -0.1) is 0 Å². The van der Waals surface area contributed by atoms with Crippen LogP contribution < -0.4 is 5.32 Å². The second kappa shape index (κ2) is 11.5. The minimum atomic E-state index is -3.91. The Morgan fingerprint density at radius 3 is 2.32 bits per heavy atom. The van der Waals surface area contributed by atoms with Gasteiger partial charge in [0.1, 0.15) is 13.2 Å². The quantitative estimate of drug-likeness (QED) is 0.202. The number of nitrogens with zero attached hydrogens (tertiary/aromatic N) is 4. The van der Waals surface area contributed by atoms with Gasteiger partial charge in [0, 0.05) is 30.5 Å². The predicted octanol–water partition coefficient (Wildman–Crippen LogP) is 2.94. The monoisotopic (exact) mass is 487 g/mol. The van der Waals surface area contributed by atoms with Crippen LogP contribution in [0.3, 0.4) is 0 Å². The maximum atomic E-state index is 12.4. The summed E-state index contributed by atoms with van der Waals surface area (Å²) in [4.78, 5) is 25.9. The average molecular weight is 488 g/mol. The molecular formula is C22H25N5O6S. The Morgan fingerprint density at radius 1 is 1.12 bits per heavy atom. The third-order valence-corrected chi connectivity index (χ3v) is 7.31. The third kappa shape index (κ3) is 6.25. The van der Waals surface area contributed by atoms with E-state index in [0.29, 0.717) is 0 Å². The summed E-state index contributed by atoms with van der Waals surface area (Å²) in [6.07, 6.45) is -0.666. The van der Waals surface area contributed by atoms with Gasteiger partial charge in [0.05, 0.1) is 5.75 Å². The molecule has 0 saturated carbocycles. The highest BCUT2D eigenvalue weighted by atomic mass is 32.2. The molecule has 34 heavy (non-hydrogen) atoms. The van der Waals surface area contributed by atoms with E-state index in [4.69, 9.17) is 15.4 Å². The summed E-state index contributed by atoms with van der Waals surface area (Å²) in [5.41, 5.74) is 12.6. The van der Waals surface area contributed by atoms with Crippen LogP contribution in [0, 0.1) is 0 Å². The Labute approximate surface area is 197 Å². The van der Waals surface area contributed by atoms with Gasteiger partial charge in [0.25, 0.3) is 0 Å². The Hall–Kier alpha value is -3.60. The van der Waals surface area contributed by atoms with Crippen LogP contribution in [0.4, 0.5) is 4.79 Å². The van der Waals surface area contributed by atoms with E-state index >= 15 is 0 Å². The Bertz CT molecular complexity index is 1150. The topological polar surface area (TPSA) is 162 Å². The van der Waals surface area contributed by atoms with E-state index in [1.165, 1.54) is 0 Å². The summed E-state index contributed by atoms with van der Waals surface area (Å²) in [6.45, 7) is -1.01. The fourth-order valence-electron chi connectivity index (χ4n) is 3.89. The number of ether oxygens (including phenoxy) is 1. The minimum absolute atomic E-state index is 0.0192. The smallest absolute Gasteiger partial charge is 0.407 e. The maximum Gasteiger partial charge on any atom is 0.407 e. The lowest BCUT2D eigenvalue weighted by atomic mass is 9.98. The van der Waals surface area contributed by atoms with Gasteiger partial charge in [-0.3, -0.25) is 4.79 Å². The van der Waals surface area contributed by atoms with Crippen LogP contribution in [0.15, 0.2) is 53.6 Å². The zero-order valence-corrected chi connectivity index (χ0v) is 19.1. The highest BCUT2D eigenvalue weighted by Crippen LogP contribution is 2.44. The van der Waals surface area contributed by atoms with Crippen molar-refractivity contribution >= 4 is 22.1 Å². The van der Waals surface area contributed by atoms with Crippen molar-refractivity contribution in [3.05, 3.63) is 70.1 Å². The highest BCUT2D eigenvalue weighted by Gasteiger charge is 2.29. The van der Waals surface area contributed by atoms with E-state index < -0.39 is 28.6 Å². The molecule has 3 rings (SSSR count). The van der Waals surface area contributed by atoms with Crippen molar-refractivity contribution in [1.82, 2.24) is 9.62 Å². The van der Waals surface area contributed by atoms with Gasteiger partial charge in [-0.1, -0.05) is 53.6 Å². The molecule has 0 heterocycles. The van der Waals surface area contributed by atoms with Gasteiger partial charge in [-0.25, -0.2) is 13.2 Å². The number of carboxylic acids is 1. The number of hydrogen-bond acceptors (Lipinski definition) is 6. The molecule has 0 unspecified atom stereocenters. The van der Waals surface area contributed by atoms with Crippen LogP contribution in [0.2, 0.25) is 0 Å². The molecule has 180 valence electrons. The SMILES string of the molecule is [N-]=[N+]=NCCCS(=O)(=O)N(CCNC(=O)OCC1c2ccccc2-c2ccccc21)CC(=O)O. The molecule has 11 nitrogen and oxygen atoms in total. The summed E-state index contributed by atoms with van der Waals surface area (Å²) < 4.78 is 31.0. The normalized spacial score (nSPS) is 12.5. The van der Waals surface area contributed by atoms with E-state index in [1.807, 2.05) is 48.5 Å². The van der Waals surface area contributed by atoms with E-state index in [1.54, 1.807) is 0 Å². The lowest BCUT2D eigenvalue weighted by Crippen LogP contribution is -2.42. The summed E-state index contributed by atoms with van der Waals surface area (Å²) in [7, 11) is -3.91. The molecular weight excluding hydrogens is 462 g/mol. The molecule has 0 fully saturated rings. The lowest BCUT2D eigenvalue weighted by Gasteiger charge is -2.20. The first-order valence-electron chi connectivity index (χ1n) is 10.6. The van der Waals surface area contributed by atoms with Crippen molar-refractivity contribution in [2.75, 3.05) is 38.5 Å². The Morgan fingerprint density at radius 2 is 1.74 bits per heavy atom. The summed E-state index contributed by atoms with van der Waals surface area (Å²) in [5.74, 6) is -1.80. The number of carbonyl (C=O) groups excluding carboxylic acids is 1. The van der Waals surface area contributed by atoms with Crippen LogP contribution in [0.5, 0.6) is 0 Å². The predicted molar refractivity (Wildman–Crippen MR) is 125 cm³/mol. The van der Waals surface area contributed by atoms with Gasteiger partial charge in [0.2, 0.25) is 10.0 Å². The molecule has 2 aromatic rings. The second-order valence-electron chi connectivity index (χ2n) is 7.60. The zero-order chi connectivity index (χ0) is 24.6. The number of aliphatic carboxylic acids is 1. The lowest BCUT2D eigenvalue weighted by molar-refractivity contribution is -0.137. The molecule has 12 heteroatoms. The number of carboxylic acid groups (broad SMARTS) is 1. The largest absolute Gasteiger partial charge is 0.480 e. The molecule has 2 aromatic carbocycles. The molecule has 0 aromatic heterocycles. The first-order chi connectivity index (χ1) is 16.3. The fraction of sp³-hybridized carbons (Fsp3) is 0.364. The standard InChI is InChI=1S/C22H25N5O6S/c23-26-25-10-5-13-34(31,32)27(14-21(28)29)12-11-24-22(30)33-15-20-18-8-3-1-6-16(18)17-7-2-4-9-19(17)20/h1-4,6-9,20H,5,10-15H2,(H,24,30)(H,28,29). The number of rotatable bonds is 12. The number of benzene rings is 2. The van der Waals surface area contributed by atoms with Gasteiger partial charge < -0.3 is 15.2 Å². The molecule has 0 saturated heterocycles. The molecule has 2 N–H and O–H groups in total. The van der Waals surface area contributed by atoms with Crippen molar-refractivity contribution in [1.29, 1.82) is 0 Å². The van der Waals surface area contributed by atoms with Crippen molar-refractivity contribution in [3.8, 4) is 11.1 Å². The van der Waals surface area contributed by atoms with E-state index in [9.17, 15) is 18.0 Å². The van der Waals surface area contributed by atoms with E-state index in [-0.39, 0.29) is 44.3 Å². The Balaban J connectivity index is 1.54. The second-order valence-corrected chi connectivity index (χ2v) is 9.69. The molecule has 0 atom stereocenters. The van der Waals surface area contributed by atoms with Gasteiger partial charge in [-0.05, 0) is 34.2 Å². The molecule has 1 amide bonds. The van der Waals surface area contributed by atoms with Crippen LogP contribution in [-0.2, 0) is 19.6 Å². The zero-order valence-electron chi connectivity index (χ0n) is 18.3. The number of fused-ring (bicyclic) bond motifs is 3. The summed E-state index contributed by atoms with van der Waals surface area (Å²) in [5, 5.41) is 14.8. The summed E-state index contributed by atoms with van der Waals surface area (Å²) in [6, 6.07) is 15.8. The van der Waals surface area contributed by atoms with E-state index in [0.717, 1.165) is 26.6 Å². The first-order valence-corrected chi connectivity index (χ1v) is 12.2. The fourth-order valence-corrected chi connectivity index (χ4v) is 5.32. The maximum absolute atomic E-state index is 12.4. The van der Waals surface area contributed by atoms with Crippen molar-refractivity contribution in [3.63, 3.8) is 0 Å². The first kappa shape index (κ1) is 25.0. The summed E-state index contributed by atoms with van der Waals surface area (Å²) >= 11 is 0. The van der Waals surface area contributed by atoms with Crippen LogP contribution in [0.25, 0.3) is 21.6 Å². The molecule has 1 aliphatic rings. The number of alkyl carbamates (subject to hydrolysis) is 1. The number of sulfonamides is 1. The average Bonchev–Trinajstić information content (AvgIpc) is 3.13. The number of azide groups is 1. The number of carbonyl (C=O) groups is 2. The van der Waals surface area contributed by atoms with E-state index in [2.05, 4.69) is 15.3 Å². The molecule has 0 bridgehead atoms. The van der Waals surface area contributed by atoms with Crippen LogP contribution in [0.1, 0.15) is 23.5 Å². The Kier molecular flexibility index (Phi) is 8.47. The number of nitrogens with one attached hydrogen (secondary N) is 1. The molecule has 1 aliphatic carbocycles. The van der Waals surface area contributed by atoms with Crippen LogP contribution in [-0.4, -0.2) is 68.4 Å². The highest BCUT2D eigenvalue weighted by molar-refractivity contribution is 7.89. The molecule has 0 aliphatic heterocycles. The number of hydrogen-bond donors (Lipinski definition) is 2. The van der Waals surface area contributed by atoms with Gasteiger partial charge in [-0.2, -0.15) is 4.31 Å². The number of amides is 1. The van der Waals surface area contributed by atoms with Crippen molar-refractivity contribution in [2.24, 2.45) is 5.11 Å². The van der Waals surface area contributed by atoms with Crippen molar-refractivity contribution in [2.45, 2.75) is 12.3 Å². The van der Waals surface area contributed by atoms with Gasteiger partial charge >= 0.3 is 12.1 Å².